The Hall–Kier alpha value is -2.49. The van der Waals surface area contributed by atoms with Crippen molar-refractivity contribution in [2.75, 3.05) is 25.1 Å². The molecule has 11 heteroatoms. The Morgan fingerprint density at radius 1 is 1.33 bits per heavy atom. The number of anilines is 1. The van der Waals surface area contributed by atoms with E-state index in [9.17, 15) is 13.6 Å². The van der Waals surface area contributed by atoms with Crippen molar-refractivity contribution in [1.82, 2.24) is 4.98 Å². The van der Waals surface area contributed by atoms with Crippen LogP contribution in [-0.2, 0) is 4.74 Å². The summed E-state index contributed by atoms with van der Waals surface area (Å²) in [6.07, 6.45) is 1.29. The molecule has 2 aromatic rings. The number of carbonyl (C=O) groups excluding carboxylic acids is 1. The Labute approximate surface area is 181 Å². The number of aromatic nitrogens is 1. The standard InChI is InChI=1S/C19H18Cl2F2N4O3/c20-11-7-14(21)17(25-8-11)18(28)26-12-1-3-13(4-2-12)30-6-5-15-19(22,23)10-29-9-16(24)27-15/h1-4,7-8,15H,5-6,9-10H2,(H2,24,27)(H,26,28)/t15-/m0/s1. The third kappa shape index (κ3) is 5.78. The van der Waals surface area contributed by atoms with Crippen LogP contribution in [0.3, 0.4) is 0 Å². The van der Waals surface area contributed by atoms with Crippen LogP contribution in [0.1, 0.15) is 16.9 Å². The number of benzene rings is 1. The van der Waals surface area contributed by atoms with Crippen LogP contribution in [0.5, 0.6) is 5.75 Å². The monoisotopic (exact) mass is 458 g/mol. The number of pyridine rings is 1. The van der Waals surface area contributed by atoms with Crippen molar-refractivity contribution in [2.45, 2.75) is 18.4 Å². The number of aliphatic imine (C=N–C) groups is 1. The third-order valence-corrected chi connectivity index (χ3v) is 4.64. The van der Waals surface area contributed by atoms with E-state index >= 15 is 0 Å². The SMILES string of the molecule is NC1=N[C@@H](CCOc2ccc(NC(=O)c3ncc(Cl)cc3Cl)cc2)C(F)(F)COC1. The number of alkyl halides is 2. The van der Waals surface area contributed by atoms with Gasteiger partial charge in [-0.2, -0.15) is 0 Å². The lowest BCUT2D eigenvalue weighted by atomic mass is 10.1. The van der Waals surface area contributed by atoms with Crippen LogP contribution >= 0.6 is 23.2 Å². The Morgan fingerprint density at radius 3 is 2.77 bits per heavy atom. The highest BCUT2D eigenvalue weighted by Gasteiger charge is 2.41. The molecule has 1 atom stereocenters. The number of amides is 1. The van der Waals surface area contributed by atoms with Gasteiger partial charge in [-0.15, -0.1) is 0 Å². The van der Waals surface area contributed by atoms with Gasteiger partial charge >= 0.3 is 0 Å². The largest absolute Gasteiger partial charge is 0.494 e. The van der Waals surface area contributed by atoms with E-state index in [0.29, 0.717) is 16.5 Å². The number of nitrogens with zero attached hydrogens (tertiary/aromatic N) is 2. The summed E-state index contributed by atoms with van der Waals surface area (Å²) in [6, 6.07) is 6.50. The van der Waals surface area contributed by atoms with E-state index in [4.69, 9.17) is 38.4 Å². The van der Waals surface area contributed by atoms with Gasteiger partial charge in [0, 0.05) is 18.3 Å². The highest BCUT2D eigenvalue weighted by Crippen LogP contribution is 2.27. The van der Waals surface area contributed by atoms with Gasteiger partial charge < -0.3 is 20.5 Å². The molecule has 0 bridgehead atoms. The summed E-state index contributed by atoms with van der Waals surface area (Å²) in [7, 11) is 0. The molecule has 3 N–H and O–H groups in total. The first-order valence-electron chi connectivity index (χ1n) is 8.87. The van der Waals surface area contributed by atoms with Crippen LogP contribution < -0.4 is 15.8 Å². The molecule has 30 heavy (non-hydrogen) atoms. The van der Waals surface area contributed by atoms with Crippen molar-refractivity contribution < 1.29 is 23.0 Å². The molecule has 1 aromatic carbocycles. The molecule has 0 saturated heterocycles. The molecule has 2 heterocycles. The highest BCUT2D eigenvalue weighted by molar-refractivity contribution is 6.36. The van der Waals surface area contributed by atoms with E-state index in [2.05, 4.69) is 15.3 Å². The summed E-state index contributed by atoms with van der Waals surface area (Å²) < 4.78 is 38.3. The van der Waals surface area contributed by atoms with Gasteiger partial charge in [0.1, 0.15) is 36.5 Å². The van der Waals surface area contributed by atoms with Crippen molar-refractivity contribution >= 4 is 40.6 Å². The molecule has 0 radical (unpaired) electrons. The van der Waals surface area contributed by atoms with E-state index in [1.54, 1.807) is 24.3 Å². The fourth-order valence-electron chi connectivity index (χ4n) is 2.69. The quantitative estimate of drug-likeness (QED) is 0.685. The van der Waals surface area contributed by atoms with E-state index in [0.717, 1.165) is 0 Å². The Bertz CT molecular complexity index is 942. The minimum Gasteiger partial charge on any atom is -0.494 e. The minimum absolute atomic E-state index is 0.00699. The molecule has 1 amide bonds. The van der Waals surface area contributed by atoms with Crippen molar-refractivity contribution in [2.24, 2.45) is 10.7 Å². The fourth-order valence-corrected chi connectivity index (χ4v) is 3.16. The summed E-state index contributed by atoms with van der Waals surface area (Å²) in [5.74, 6) is -3.14. The second-order valence-electron chi connectivity index (χ2n) is 6.49. The lowest BCUT2D eigenvalue weighted by molar-refractivity contribution is -0.0844. The molecule has 0 saturated carbocycles. The second-order valence-corrected chi connectivity index (χ2v) is 7.33. The number of rotatable bonds is 6. The van der Waals surface area contributed by atoms with Gasteiger partial charge in [-0.25, -0.2) is 13.8 Å². The van der Waals surface area contributed by atoms with Gasteiger partial charge in [0.25, 0.3) is 11.8 Å². The zero-order valence-electron chi connectivity index (χ0n) is 15.6. The predicted octanol–water partition coefficient (Wildman–Crippen LogP) is 3.80. The molecule has 7 nitrogen and oxygen atoms in total. The van der Waals surface area contributed by atoms with Gasteiger partial charge in [-0.05, 0) is 30.3 Å². The smallest absolute Gasteiger partial charge is 0.292 e. The van der Waals surface area contributed by atoms with Gasteiger partial charge in [0.15, 0.2) is 0 Å². The number of hydrogen-bond acceptors (Lipinski definition) is 6. The molecular weight excluding hydrogens is 441 g/mol. The first-order valence-corrected chi connectivity index (χ1v) is 9.63. The van der Waals surface area contributed by atoms with Crippen molar-refractivity contribution in [3.63, 3.8) is 0 Å². The van der Waals surface area contributed by atoms with E-state index in [1.807, 2.05) is 0 Å². The molecule has 0 spiro atoms. The highest BCUT2D eigenvalue weighted by atomic mass is 35.5. The van der Waals surface area contributed by atoms with Crippen LogP contribution in [0, 0.1) is 0 Å². The maximum absolute atomic E-state index is 14.0. The molecule has 3 rings (SSSR count). The van der Waals surface area contributed by atoms with Gasteiger partial charge in [-0.3, -0.25) is 9.79 Å². The van der Waals surface area contributed by atoms with Gasteiger partial charge in [-0.1, -0.05) is 23.2 Å². The molecular formula is C19H18Cl2F2N4O3. The van der Waals surface area contributed by atoms with Crippen LogP contribution in [-0.4, -0.2) is 48.5 Å². The number of hydrogen-bond donors (Lipinski definition) is 2. The van der Waals surface area contributed by atoms with Crippen molar-refractivity contribution in [1.29, 1.82) is 0 Å². The molecule has 0 aliphatic carbocycles. The lowest BCUT2D eigenvalue weighted by Gasteiger charge is -2.21. The fraction of sp³-hybridized carbons (Fsp3) is 0.316. The van der Waals surface area contributed by atoms with Crippen LogP contribution in [0.25, 0.3) is 0 Å². The lowest BCUT2D eigenvalue weighted by Crippen LogP contribution is -2.37. The maximum Gasteiger partial charge on any atom is 0.292 e. The van der Waals surface area contributed by atoms with E-state index in [1.165, 1.54) is 12.3 Å². The average Bonchev–Trinajstić information content (AvgIpc) is 2.80. The molecule has 160 valence electrons. The topological polar surface area (TPSA) is 98.8 Å². The molecule has 0 fully saturated rings. The van der Waals surface area contributed by atoms with E-state index in [-0.39, 0.29) is 36.2 Å². The average molecular weight is 459 g/mol. The third-order valence-electron chi connectivity index (χ3n) is 4.15. The second kappa shape index (κ2) is 9.55. The number of carbonyl (C=O) groups is 1. The Balaban J connectivity index is 1.54. The van der Waals surface area contributed by atoms with E-state index < -0.39 is 24.5 Å². The number of amidine groups is 1. The van der Waals surface area contributed by atoms with Gasteiger partial charge in [0.2, 0.25) is 0 Å². The summed E-state index contributed by atoms with van der Waals surface area (Å²) in [5.41, 5.74) is 6.05. The molecule has 1 aliphatic heterocycles. The first kappa shape index (κ1) is 22.2. The normalized spacial score (nSPS) is 18.3. The number of halogens is 4. The number of nitrogens with one attached hydrogen (secondary N) is 1. The molecule has 1 aliphatic rings. The van der Waals surface area contributed by atoms with Crippen molar-refractivity contribution in [3.8, 4) is 5.75 Å². The Morgan fingerprint density at radius 2 is 2.07 bits per heavy atom. The zero-order chi connectivity index (χ0) is 21.7. The summed E-state index contributed by atoms with van der Waals surface area (Å²) >= 11 is 11.7. The summed E-state index contributed by atoms with van der Waals surface area (Å²) in [4.78, 5) is 20.0. The van der Waals surface area contributed by atoms with Gasteiger partial charge in [0.05, 0.1) is 16.7 Å². The van der Waals surface area contributed by atoms with Crippen LogP contribution in [0.2, 0.25) is 10.0 Å². The number of nitrogens with two attached hydrogens (primary N) is 1. The van der Waals surface area contributed by atoms with Crippen molar-refractivity contribution in [3.05, 3.63) is 52.3 Å². The predicted molar refractivity (Wildman–Crippen MR) is 110 cm³/mol. The van der Waals surface area contributed by atoms with Crippen LogP contribution in [0.4, 0.5) is 14.5 Å². The molecule has 1 aromatic heterocycles. The maximum atomic E-state index is 14.0. The summed E-state index contributed by atoms with van der Waals surface area (Å²) in [6.45, 7) is -0.841. The van der Waals surface area contributed by atoms with Crippen LogP contribution in [0.15, 0.2) is 41.5 Å². The molecule has 0 unspecified atom stereocenters. The first-order chi connectivity index (χ1) is 14.2. The number of ether oxygens (including phenoxy) is 2. The Kier molecular flexibility index (Phi) is 7.06. The summed E-state index contributed by atoms with van der Waals surface area (Å²) in [5, 5.41) is 3.10. The minimum atomic E-state index is -3.12. The zero-order valence-corrected chi connectivity index (χ0v) is 17.1.